The first-order valence-electron chi connectivity index (χ1n) is 9.03. The van der Waals surface area contributed by atoms with Gasteiger partial charge >= 0.3 is 0 Å². The number of fused-ring (bicyclic) bond motifs is 2. The fraction of sp³-hybridized carbons (Fsp3) is 0.455. The van der Waals surface area contributed by atoms with E-state index in [9.17, 15) is 0 Å². The highest BCUT2D eigenvalue weighted by molar-refractivity contribution is 5.77. The molecule has 1 heterocycles. The highest BCUT2D eigenvalue weighted by atomic mass is 15.2. The van der Waals surface area contributed by atoms with Gasteiger partial charge in [-0.1, -0.05) is 55.7 Å². The van der Waals surface area contributed by atoms with E-state index in [0.717, 1.165) is 0 Å². The molecule has 0 unspecified atom stereocenters. The van der Waals surface area contributed by atoms with Crippen LogP contribution in [0.1, 0.15) is 57.1 Å². The number of hydrogen-bond donors (Lipinski definition) is 0. The minimum absolute atomic E-state index is 0.114. The molecule has 0 bridgehead atoms. The van der Waals surface area contributed by atoms with Crippen molar-refractivity contribution < 1.29 is 0 Å². The van der Waals surface area contributed by atoms with Gasteiger partial charge < -0.3 is 4.90 Å². The molecule has 1 spiro atoms. The second kappa shape index (κ2) is 5.12. The quantitative estimate of drug-likeness (QED) is 0.613. The molecule has 1 saturated carbocycles. The Kier molecular flexibility index (Phi) is 3.30. The van der Waals surface area contributed by atoms with Gasteiger partial charge in [-0.3, -0.25) is 0 Å². The number of para-hydroxylation sites is 2. The average Bonchev–Trinajstić information content (AvgIpc) is 2.74. The molecule has 0 atom stereocenters. The third-order valence-electron chi connectivity index (χ3n) is 6.45. The number of nitrogens with zero attached hydrogens (tertiary/aromatic N) is 1. The Labute approximate surface area is 140 Å². The molecule has 0 saturated heterocycles. The summed E-state index contributed by atoms with van der Waals surface area (Å²) in [4.78, 5) is 2.63. The van der Waals surface area contributed by atoms with Crippen LogP contribution in [-0.2, 0) is 5.41 Å². The van der Waals surface area contributed by atoms with Crippen LogP contribution in [0.15, 0.2) is 48.5 Å². The maximum atomic E-state index is 2.63. The van der Waals surface area contributed by atoms with E-state index in [-0.39, 0.29) is 5.54 Å². The molecule has 1 nitrogen and oxygen atoms in total. The van der Waals surface area contributed by atoms with E-state index in [2.05, 4.69) is 74.2 Å². The van der Waals surface area contributed by atoms with Gasteiger partial charge in [-0.05, 0) is 56.9 Å². The molecule has 1 heteroatoms. The van der Waals surface area contributed by atoms with E-state index in [0.29, 0.717) is 5.41 Å². The largest absolute Gasteiger partial charge is 0.334 e. The van der Waals surface area contributed by atoms with Crippen LogP contribution in [0.2, 0.25) is 0 Å². The standard InChI is InChI=1S/C22H27N/c1-17-11-5-7-13-19(17)23-20-14-8-6-12-18(20)22(21(23,2)3)15-9-4-10-16-22/h5-8,11-14H,4,9-10,15-16H2,1-3H3. The molecule has 2 aromatic carbocycles. The van der Waals surface area contributed by atoms with Gasteiger partial charge in [0.15, 0.2) is 0 Å². The minimum Gasteiger partial charge on any atom is -0.334 e. The Morgan fingerprint density at radius 3 is 2.09 bits per heavy atom. The van der Waals surface area contributed by atoms with Gasteiger partial charge in [0.25, 0.3) is 0 Å². The van der Waals surface area contributed by atoms with Gasteiger partial charge in [-0.2, -0.15) is 0 Å². The van der Waals surface area contributed by atoms with Crippen molar-refractivity contribution in [1.29, 1.82) is 0 Å². The summed E-state index contributed by atoms with van der Waals surface area (Å²) in [5.74, 6) is 0. The Balaban J connectivity index is 1.96. The second-order valence-electron chi connectivity index (χ2n) is 7.84. The molecule has 0 amide bonds. The van der Waals surface area contributed by atoms with Crippen molar-refractivity contribution in [3.63, 3.8) is 0 Å². The Hall–Kier alpha value is -1.76. The van der Waals surface area contributed by atoms with Crippen molar-refractivity contribution in [2.24, 2.45) is 0 Å². The van der Waals surface area contributed by atoms with Crippen LogP contribution in [0, 0.1) is 6.92 Å². The number of rotatable bonds is 1. The maximum Gasteiger partial charge on any atom is 0.0492 e. The molecule has 2 aliphatic rings. The van der Waals surface area contributed by atoms with Crippen LogP contribution < -0.4 is 4.90 Å². The molecule has 0 N–H and O–H groups in total. The first-order chi connectivity index (χ1) is 11.1. The van der Waals surface area contributed by atoms with Gasteiger partial charge in [0, 0.05) is 22.3 Å². The predicted molar refractivity (Wildman–Crippen MR) is 98.6 cm³/mol. The molecule has 1 aliphatic heterocycles. The van der Waals surface area contributed by atoms with Crippen LogP contribution in [0.3, 0.4) is 0 Å². The minimum atomic E-state index is 0.114. The fourth-order valence-electron chi connectivity index (χ4n) is 5.20. The number of benzene rings is 2. The Morgan fingerprint density at radius 2 is 1.39 bits per heavy atom. The zero-order valence-corrected chi connectivity index (χ0v) is 14.6. The monoisotopic (exact) mass is 305 g/mol. The molecule has 0 aromatic heterocycles. The SMILES string of the molecule is Cc1ccccc1N1c2ccccc2C2(CCCCC2)C1(C)C. The molecular formula is C22H27N. The summed E-state index contributed by atoms with van der Waals surface area (Å²) >= 11 is 0. The van der Waals surface area contributed by atoms with Crippen LogP contribution in [0.5, 0.6) is 0 Å². The summed E-state index contributed by atoms with van der Waals surface area (Å²) in [5.41, 5.74) is 6.14. The lowest BCUT2D eigenvalue weighted by atomic mass is 9.61. The lowest BCUT2D eigenvalue weighted by Gasteiger charge is -2.49. The topological polar surface area (TPSA) is 3.24 Å². The van der Waals surface area contributed by atoms with E-state index >= 15 is 0 Å². The smallest absolute Gasteiger partial charge is 0.0492 e. The number of aryl methyl sites for hydroxylation is 1. The molecule has 0 radical (unpaired) electrons. The first-order valence-corrected chi connectivity index (χ1v) is 9.03. The average molecular weight is 305 g/mol. The van der Waals surface area contributed by atoms with Crippen molar-refractivity contribution in [1.82, 2.24) is 0 Å². The van der Waals surface area contributed by atoms with Crippen molar-refractivity contribution in [3.05, 3.63) is 59.7 Å². The normalized spacial score (nSPS) is 21.4. The summed E-state index contributed by atoms with van der Waals surface area (Å²) < 4.78 is 0. The second-order valence-corrected chi connectivity index (χ2v) is 7.84. The zero-order valence-electron chi connectivity index (χ0n) is 14.6. The van der Waals surface area contributed by atoms with E-state index in [1.165, 1.54) is 49.0 Å². The van der Waals surface area contributed by atoms with Crippen LogP contribution in [-0.4, -0.2) is 5.54 Å². The molecular weight excluding hydrogens is 278 g/mol. The highest BCUT2D eigenvalue weighted by Gasteiger charge is 2.56. The van der Waals surface area contributed by atoms with Crippen LogP contribution in [0.25, 0.3) is 0 Å². The van der Waals surface area contributed by atoms with Crippen molar-refractivity contribution in [3.8, 4) is 0 Å². The summed E-state index contributed by atoms with van der Waals surface area (Å²) in [6, 6.07) is 18.0. The molecule has 2 aromatic rings. The van der Waals surface area contributed by atoms with Crippen LogP contribution in [0.4, 0.5) is 11.4 Å². The third kappa shape index (κ3) is 1.92. The highest BCUT2D eigenvalue weighted by Crippen LogP contribution is 2.60. The number of anilines is 2. The lowest BCUT2D eigenvalue weighted by Crippen LogP contribution is -2.53. The van der Waals surface area contributed by atoms with Crippen molar-refractivity contribution in [2.75, 3.05) is 4.90 Å². The first kappa shape index (κ1) is 14.8. The van der Waals surface area contributed by atoms with Gasteiger partial charge in [-0.25, -0.2) is 0 Å². The van der Waals surface area contributed by atoms with E-state index in [1.54, 1.807) is 5.56 Å². The van der Waals surface area contributed by atoms with E-state index in [1.807, 2.05) is 0 Å². The van der Waals surface area contributed by atoms with E-state index < -0.39 is 0 Å². The van der Waals surface area contributed by atoms with Crippen LogP contribution >= 0.6 is 0 Å². The fourth-order valence-corrected chi connectivity index (χ4v) is 5.20. The molecule has 1 fully saturated rings. The van der Waals surface area contributed by atoms with Gasteiger partial charge in [-0.15, -0.1) is 0 Å². The lowest BCUT2D eigenvalue weighted by molar-refractivity contribution is 0.199. The zero-order chi connectivity index (χ0) is 16.1. The summed E-state index contributed by atoms with van der Waals surface area (Å²) in [6.45, 7) is 7.16. The van der Waals surface area contributed by atoms with Crippen molar-refractivity contribution >= 4 is 11.4 Å². The summed E-state index contributed by atoms with van der Waals surface area (Å²) in [7, 11) is 0. The molecule has 120 valence electrons. The van der Waals surface area contributed by atoms with Gasteiger partial charge in [0.1, 0.15) is 0 Å². The van der Waals surface area contributed by atoms with Gasteiger partial charge in [0.2, 0.25) is 0 Å². The summed E-state index contributed by atoms with van der Waals surface area (Å²) in [6.07, 6.45) is 6.75. The molecule has 1 aliphatic carbocycles. The third-order valence-corrected chi connectivity index (χ3v) is 6.45. The van der Waals surface area contributed by atoms with Crippen molar-refractivity contribution in [2.45, 2.75) is 63.8 Å². The maximum absolute atomic E-state index is 2.63. The Morgan fingerprint density at radius 1 is 0.783 bits per heavy atom. The molecule has 23 heavy (non-hydrogen) atoms. The Bertz CT molecular complexity index is 722. The predicted octanol–water partition coefficient (Wildman–Crippen LogP) is 6.13. The molecule has 4 rings (SSSR count). The van der Waals surface area contributed by atoms with Gasteiger partial charge in [0.05, 0.1) is 0 Å². The van der Waals surface area contributed by atoms with E-state index in [4.69, 9.17) is 0 Å². The summed E-state index contributed by atoms with van der Waals surface area (Å²) in [5, 5.41) is 0. The number of hydrogen-bond acceptors (Lipinski definition) is 1.